The Balaban J connectivity index is 1.26. The SMILES string of the molecule is C=C1C(=O)[C@@]23C(=O)[C@@H]4OC[C@]5(C=CCC(C)(C)[C@@H]45)[C@@H]2CC[C@@H]1[C@H]3OC(=O)/C=C/c1ccc2occc2c1. The summed E-state index contributed by atoms with van der Waals surface area (Å²) in [5, 5.41) is 0.935. The van der Waals surface area contributed by atoms with Gasteiger partial charge in [-0.05, 0) is 66.0 Å². The molecule has 1 aromatic carbocycles. The first-order valence-corrected chi connectivity index (χ1v) is 13.1. The van der Waals surface area contributed by atoms with E-state index in [9.17, 15) is 14.4 Å². The summed E-state index contributed by atoms with van der Waals surface area (Å²) in [6, 6.07) is 7.48. The second-order valence-corrected chi connectivity index (χ2v) is 12.1. The molecule has 6 heteroatoms. The second kappa shape index (κ2) is 7.41. The smallest absolute Gasteiger partial charge is 0.331 e. The van der Waals surface area contributed by atoms with E-state index in [1.807, 2.05) is 24.3 Å². The monoisotopic (exact) mass is 498 g/mol. The van der Waals surface area contributed by atoms with E-state index in [4.69, 9.17) is 13.9 Å². The summed E-state index contributed by atoms with van der Waals surface area (Å²) in [6.45, 7) is 8.89. The first-order valence-electron chi connectivity index (χ1n) is 13.1. The van der Waals surface area contributed by atoms with E-state index in [0.717, 1.165) is 23.0 Å². The maximum atomic E-state index is 14.3. The van der Waals surface area contributed by atoms with Gasteiger partial charge in [0, 0.05) is 28.7 Å². The van der Waals surface area contributed by atoms with Crippen molar-refractivity contribution in [2.24, 2.45) is 34.0 Å². The van der Waals surface area contributed by atoms with Crippen LogP contribution in [0.5, 0.6) is 0 Å². The summed E-state index contributed by atoms with van der Waals surface area (Å²) in [7, 11) is 0. The van der Waals surface area contributed by atoms with Crippen molar-refractivity contribution in [1.82, 2.24) is 0 Å². The average Bonchev–Trinajstić information content (AvgIpc) is 3.51. The van der Waals surface area contributed by atoms with Crippen LogP contribution in [0.15, 0.2) is 65.3 Å². The Morgan fingerprint density at radius 2 is 2.03 bits per heavy atom. The highest BCUT2D eigenvalue weighted by molar-refractivity contribution is 6.20. The van der Waals surface area contributed by atoms with E-state index in [0.29, 0.717) is 25.0 Å². The second-order valence-electron chi connectivity index (χ2n) is 12.1. The van der Waals surface area contributed by atoms with Gasteiger partial charge in [0.05, 0.1) is 12.9 Å². The molecule has 1 aliphatic heterocycles. The Bertz CT molecular complexity index is 1440. The molecule has 1 saturated heterocycles. The number of rotatable bonds is 3. The Hall–Kier alpha value is -3.25. The minimum Gasteiger partial charge on any atom is -0.464 e. The van der Waals surface area contributed by atoms with Gasteiger partial charge in [0.2, 0.25) is 0 Å². The number of carbonyl (C=O) groups excluding carboxylic acids is 3. The van der Waals surface area contributed by atoms with E-state index in [-0.39, 0.29) is 34.7 Å². The number of carbonyl (C=O) groups is 3. The average molecular weight is 499 g/mol. The molecule has 4 aliphatic carbocycles. The van der Waals surface area contributed by atoms with Crippen molar-refractivity contribution < 1.29 is 28.3 Å². The van der Waals surface area contributed by atoms with Crippen LogP contribution < -0.4 is 0 Å². The number of esters is 1. The van der Waals surface area contributed by atoms with Crippen molar-refractivity contribution in [2.75, 3.05) is 6.61 Å². The van der Waals surface area contributed by atoms with Crippen LogP contribution in [0.1, 0.15) is 38.7 Å². The van der Waals surface area contributed by atoms with Crippen LogP contribution in [0, 0.1) is 34.0 Å². The van der Waals surface area contributed by atoms with Gasteiger partial charge in [0.1, 0.15) is 23.2 Å². The maximum Gasteiger partial charge on any atom is 0.331 e. The summed E-state index contributed by atoms with van der Waals surface area (Å²) in [4.78, 5) is 41.4. The molecule has 4 bridgehead atoms. The fourth-order valence-electron chi connectivity index (χ4n) is 8.62. The number of hydrogen-bond donors (Lipinski definition) is 0. The molecule has 3 saturated carbocycles. The zero-order valence-electron chi connectivity index (χ0n) is 21.1. The van der Waals surface area contributed by atoms with Gasteiger partial charge < -0.3 is 13.9 Å². The lowest BCUT2D eigenvalue weighted by molar-refractivity contribution is -0.187. The number of ketones is 2. The lowest BCUT2D eigenvalue weighted by Crippen LogP contribution is -2.68. The molecule has 7 atom stereocenters. The fourth-order valence-corrected chi connectivity index (χ4v) is 8.62. The molecule has 5 aliphatic rings. The summed E-state index contributed by atoms with van der Waals surface area (Å²) < 4.78 is 17.7. The number of fused-ring (bicyclic) bond motifs is 2. The molecule has 7 rings (SSSR count). The third-order valence-corrected chi connectivity index (χ3v) is 10.0. The van der Waals surface area contributed by atoms with Crippen LogP contribution in [-0.2, 0) is 23.9 Å². The highest BCUT2D eigenvalue weighted by atomic mass is 16.5. The van der Waals surface area contributed by atoms with E-state index in [1.54, 1.807) is 12.3 Å². The molecule has 0 amide bonds. The Kier molecular flexibility index (Phi) is 4.59. The number of hydrogen-bond acceptors (Lipinski definition) is 6. The summed E-state index contributed by atoms with van der Waals surface area (Å²) >= 11 is 0. The van der Waals surface area contributed by atoms with Gasteiger partial charge in [-0.3, -0.25) is 9.59 Å². The minimum atomic E-state index is -1.42. The lowest BCUT2D eigenvalue weighted by Gasteiger charge is -2.59. The van der Waals surface area contributed by atoms with Gasteiger partial charge in [-0.25, -0.2) is 4.79 Å². The largest absolute Gasteiger partial charge is 0.464 e. The van der Waals surface area contributed by atoms with Crippen LogP contribution in [0.4, 0.5) is 0 Å². The van der Waals surface area contributed by atoms with Crippen molar-refractivity contribution in [3.63, 3.8) is 0 Å². The van der Waals surface area contributed by atoms with Crippen molar-refractivity contribution in [3.05, 3.63) is 66.5 Å². The Labute approximate surface area is 215 Å². The molecule has 0 unspecified atom stereocenters. The molecule has 1 aromatic heterocycles. The number of furan rings is 1. The van der Waals surface area contributed by atoms with Crippen LogP contribution in [0.2, 0.25) is 0 Å². The number of ether oxygens (including phenoxy) is 2. The standard InChI is InChI=1S/C31H30O6/c1-17-20-7-9-22-30-13-4-12-29(2,3)25(30)24(36-16-30)27(34)31(22,26(17)33)28(20)37-23(32)10-6-18-5-8-21-19(15-18)11-14-35-21/h4-6,8,10-11,13-15,20,22,24-25,28H,1,7,9,12,16H2,2-3H3/b10-6+/t20-,22-,24+,25+,28+,30+,31+/m0/s1. The molecular formula is C31H30O6. The van der Waals surface area contributed by atoms with Crippen molar-refractivity contribution >= 4 is 34.6 Å². The van der Waals surface area contributed by atoms with Crippen molar-refractivity contribution in [1.29, 1.82) is 0 Å². The number of allylic oxidation sites excluding steroid dienone is 1. The van der Waals surface area contributed by atoms with Gasteiger partial charge in [-0.15, -0.1) is 0 Å². The Morgan fingerprint density at radius 3 is 2.86 bits per heavy atom. The zero-order valence-corrected chi connectivity index (χ0v) is 21.1. The lowest BCUT2D eigenvalue weighted by atomic mass is 9.41. The zero-order chi connectivity index (χ0) is 25.7. The molecule has 37 heavy (non-hydrogen) atoms. The molecule has 0 radical (unpaired) electrons. The molecular weight excluding hydrogens is 468 g/mol. The van der Waals surface area contributed by atoms with Crippen LogP contribution in [-0.4, -0.2) is 36.4 Å². The third-order valence-electron chi connectivity index (χ3n) is 10.0. The normalized spacial score (nSPS) is 39.3. The highest BCUT2D eigenvalue weighted by Crippen LogP contribution is 2.71. The molecule has 2 aromatic rings. The quantitative estimate of drug-likeness (QED) is 0.254. The predicted octanol–water partition coefficient (Wildman–Crippen LogP) is 5.08. The van der Waals surface area contributed by atoms with Gasteiger partial charge in [0.15, 0.2) is 11.6 Å². The molecule has 1 spiro atoms. The highest BCUT2D eigenvalue weighted by Gasteiger charge is 2.80. The van der Waals surface area contributed by atoms with Gasteiger partial charge >= 0.3 is 5.97 Å². The van der Waals surface area contributed by atoms with E-state index in [2.05, 4.69) is 32.6 Å². The minimum absolute atomic E-state index is 0.000394. The van der Waals surface area contributed by atoms with Crippen LogP contribution in [0.25, 0.3) is 17.0 Å². The van der Waals surface area contributed by atoms with E-state index >= 15 is 0 Å². The Morgan fingerprint density at radius 1 is 1.19 bits per heavy atom. The van der Waals surface area contributed by atoms with Gasteiger partial charge in [0.25, 0.3) is 0 Å². The number of Topliss-reactive ketones (excluding diaryl/α,β-unsaturated/α-hetero) is 2. The predicted molar refractivity (Wildman–Crippen MR) is 136 cm³/mol. The van der Waals surface area contributed by atoms with Gasteiger partial charge in [-0.2, -0.15) is 0 Å². The van der Waals surface area contributed by atoms with E-state index in [1.165, 1.54) is 6.08 Å². The summed E-state index contributed by atoms with van der Waals surface area (Å²) in [5.74, 6) is -1.65. The molecule has 2 heterocycles. The molecule has 190 valence electrons. The topological polar surface area (TPSA) is 82.8 Å². The van der Waals surface area contributed by atoms with Crippen molar-refractivity contribution in [2.45, 2.75) is 45.3 Å². The first kappa shape index (κ1) is 22.9. The van der Waals surface area contributed by atoms with Crippen LogP contribution in [0.3, 0.4) is 0 Å². The fraction of sp³-hybridized carbons (Fsp3) is 0.452. The summed E-state index contributed by atoms with van der Waals surface area (Å²) in [5.41, 5.74) is 0.0294. The third kappa shape index (κ3) is 2.77. The first-order chi connectivity index (χ1) is 17.7. The van der Waals surface area contributed by atoms with E-state index < -0.39 is 29.0 Å². The number of benzene rings is 1. The van der Waals surface area contributed by atoms with Gasteiger partial charge in [-0.1, -0.05) is 38.6 Å². The molecule has 0 N–H and O–H groups in total. The maximum absolute atomic E-state index is 14.3. The van der Waals surface area contributed by atoms with Crippen LogP contribution >= 0.6 is 0 Å². The molecule has 6 nitrogen and oxygen atoms in total. The molecule has 4 fully saturated rings. The van der Waals surface area contributed by atoms with Crippen molar-refractivity contribution in [3.8, 4) is 0 Å². The summed E-state index contributed by atoms with van der Waals surface area (Å²) in [6.07, 6.45) is 9.78.